The van der Waals surface area contributed by atoms with E-state index in [1.54, 1.807) is 0 Å². The summed E-state index contributed by atoms with van der Waals surface area (Å²) in [6, 6.07) is 0. The number of imidazole rings is 1. The van der Waals surface area contributed by atoms with Crippen molar-refractivity contribution in [2.45, 2.75) is 77.2 Å². The van der Waals surface area contributed by atoms with Crippen LogP contribution in [-0.4, -0.2) is 52.3 Å². The molecule has 0 saturated heterocycles. The Morgan fingerprint density at radius 2 is 1.79 bits per heavy atom. The number of aromatic nitrogens is 2. The number of hydrogen-bond donors (Lipinski definition) is 1. The minimum Gasteiger partial charge on any atom is -0.390 e. The van der Waals surface area contributed by atoms with Gasteiger partial charge < -0.3 is 5.11 Å². The van der Waals surface area contributed by atoms with Gasteiger partial charge in [-0.2, -0.15) is 12.7 Å². The van der Waals surface area contributed by atoms with Gasteiger partial charge in [-0.1, -0.05) is 6.92 Å². The molecule has 8 atom stereocenters. The van der Waals surface area contributed by atoms with Crippen LogP contribution in [0.4, 0.5) is 0 Å². The van der Waals surface area contributed by atoms with Gasteiger partial charge in [-0.05, 0) is 99.7 Å². The summed E-state index contributed by atoms with van der Waals surface area (Å²) in [7, 11) is -0.842. The Kier molecular flexibility index (Phi) is 5.61. The van der Waals surface area contributed by atoms with Crippen LogP contribution in [0.15, 0.2) is 12.5 Å². The first-order valence-electron chi connectivity index (χ1n) is 12.7. The van der Waals surface area contributed by atoms with Crippen LogP contribution in [0.25, 0.3) is 0 Å². The highest BCUT2D eigenvalue weighted by Gasteiger charge is 2.59. The van der Waals surface area contributed by atoms with Gasteiger partial charge in [-0.15, -0.1) is 0 Å². The van der Waals surface area contributed by atoms with Gasteiger partial charge in [0.2, 0.25) is 0 Å². The summed E-state index contributed by atoms with van der Waals surface area (Å²) < 4.78 is 27.7. The molecule has 5 rings (SSSR count). The van der Waals surface area contributed by atoms with E-state index in [1.165, 1.54) is 39.5 Å². The topological polar surface area (TPSA) is 92.5 Å². The summed E-state index contributed by atoms with van der Waals surface area (Å²) in [6.07, 6.45) is 12.1. The van der Waals surface area contributed by atoms with Crippen molar-refractivity contribution in [1.29, 1.82) is 0 Å². The van der Waals surface area contributed by atoms with Crippen molar-refractivity contribution < 1.29 is 18.3 Å². The van der Waals surface area contributed by atoms with Gasteiger partial charge in [-0.25, -0.2) is 8.96 Å². The molecule has 33 heavy (non-hydrogen) atoms. The molecule has 4 saturated carbocycles. The minimum absolute atomic E-state index is 0.0659. The monoisotopic (exact) mass is 477 g/mol. The Morgan fingerprint density at radius 3 is 2.52 bits per heavy atom. The van der Waals surface area contributed by atoms with E-state index in [2.05, 4.69) is 11.9 Å². The molecule has 4 aliphatic rings. The van der Waals surface area contributed by atoms with Gasteiger partial charge in [-0.3, -0.25) is 4.79 Å². The van der Waals surface area contributed by atoms with Crippen molar-refractivity contribution >= 4 is 16.0 Å². The molecule has 4 fully saturated rings. The van der Waals surface area contributed by atoms with Crippen molar-refractivity contribution in [3.63, 3.8) is 0 Å². The predicted molar refractivity (Wildman–Crippen MR) is 126 cm³/mol. The Labute approximate surface area is 198 Å². The first-order valence-corrected chi connectivity index (χ1v) is 14.1. The summed E-state index contributed by atoms with van der Waals surface area (Å²) >= 11 is 0. The van der Waals surface area contributed by atoms with Gasteiger partial charge in [0.1, 0.15) is 12.0 Å². The zero-order valence-electron chi connectivity index (χ0n) is 20.4. The standard InChI is InChI=1S/C25H39N3O4S/c1-24(30)11-9-17-16(13-24)5-6-19-18(17)10-12-25(2)20(19)7-8-21(25)23(29)22-14-26-15-28(22)33(31,32)27(3)4/h14-21,30H,5-13H2,1-4H3/t16-,17+,18-,19-,20+,21-,24-,25+/m1/s1. The van der Waals surface area contributed by atoms with Crippen molar-refractivity contribution in [3.05, 3.63) is 18.2 Å². The Bertz CT molecular complexity index is 1030. The van der Waals surface area contributed by atoms with Crippen LogP contribution >= 0.6 is 0 Å². The molecule has 0 unspecified atom stereocenters. The lowest BCUT2D eigenvalue weighted by molar-refractivity contribution is -0.0976. The number of aliphatic hydroxyl groups is 1. The van der Waals surface area contributed by atoms with E-state index in [1.807, 2.05) is 6.92 Å². The highest BCUT2D eigenvalue weighted by atomic mass is 32.2. The van der Waals surface area contributed by atoms with Crippen LogP contribution in [0.2, 0.25) is 0 Å². The molecule has 7 nitrogen and oxygen atoms in total. The molecule has 0 aromatic carbocycles. The minimum atomic E-state index is -3.78. The summed E-state index contributed by atoms with van der Waals surface area (Å²) in [5, 5.41) is 10.6. The quantitative estimate of drug-likeness (QED) is 0.667. The van der Waals surface area contributed by atoms with E-state index in [9.17, 15) is 18.3 Å². The molecule has 0 spiro atoms. The lowest BCUT2D eigenvalue weighted by atomic mass is 9.49. The Balaban J connectivity index is 1.39. The van der Waals surface area contributed by atoms with E-state index < -0.39 is 15.8 Å². The predicted octanol–water partition coefficient (Wildman–Crippen LogP) is 3.74. The average molecular weight is 478 g/mol. The van der Waals surface area contributed by atoms with E-state index in [-0.39, 0.29) is 22.8 Å². The smallest absolute Gasteiger partial charge is 0.308 e. The average Bonchev–Trinajstić information content (AvgIpc) is 3.37. The normalized spacial score (nSPS) is 43.1. The van der Waals surface area contributed by atoms with E-state index >= 15 is 0 Å². The Morgan fingerprint density at radius 1 is 1.06 bits per heavy atom. The van der Waals surface area contributed by atoms with Gasteiger partial charge in [0.05, 0.1) is 11.8 Å². The van der Waals surface area contributed by atoms with Gasteiger partial charge >= 0.3 is 10.2 Å². The maximum absolute atomic E-state index is 13.7. The van der Waals surface area contributed by atoms with Crippen LogP contribution in [0, 0.1) is 40.9 Å². The van der Waals surface area contributed by atoms with Crippen LogP contribution in [0.3, 0.4) is 0 Å². The van der Waals surface area contributed by atoms with E-state index in [4.69, 9.17) is 0 Å². The van der Waals surface area contributed by atoms with Gasteiger partial charge in [0.15, 0.2) is 5.78 Å². The van der Waals surface area contributed by atoms with Crippen molar-refractivity contribution in [1.82, 2.24) is 13.3 Å². The number of nitrogens with zero attached hydrogens (tertiary/aromatic N) is 3. The zero-order valence-corrected chi connectivity index (χ0v) is 21.2. The molecule has 1 aromatic heterocycles. The molecule has 8 heteroatoms. The molecular weight excluding hydrogens is 438 g/mol. The zero-order chi connectivity index (χ0) is 23.8. The lowest BCUT2D eigenvalue weighted by Gasteiger charge is -2.56. The fraction of sp³-hybridized carbons (Fsp3) is 0.840. The van der Waals surface area contributed by atoms with Crippen LogP contribution < -0.4 is 0 Å². The Hall–Kier alpha value is -1.25. The van der Waals surface area contributed by atoms with Crippen molar-refractivity contribution in [3.8, 4) is 0 Å². The van der Waals surface area contributed by atoms with Crippen LogP contribution in [-0.2, 0) is 10.2 Å². The fourth-order valence-corrected chi connectivity index (χ4v) is 9.42. The largest absolute Gasteiger partial charge is 0.390 e. The van der Waals surface area contributed by atoms with Crippen LogP contribution in [0.5, 0.6) is 0 Å². The first-order chi connectivity index (χ1) is 15.5. The van der Waals surface area contributed by atoms with E-state index in [0.717, 1.165) is 59.1 Å². The molecule has 0 bridgehead atoms. The number of hydrogen-bond acceptors (Lipinski definition) is 5. The van der Waals surface area contributed by atoms with Crippen LogP contribution in [0.1, 0.15) is 82.1 Å². The fourth-order valence-electron chi connectivity index (χ4n) is 8.51. The van der Waals surface area contributed by atoms with Gasteiger partial charge in [0.25, 0.3) is 0 Å². The second-order valence-corrected chi connectivity index (χ2v) is 14.1. The second-order valence-electron chi connectivity index (χ2n) is 12.1. The number of rotatable bonds is 4. The molecule has 0 radical (unpaired) electrons. The SMILES string of the molecule is CN(C)S(=O)(=O)n1cncc1C(=O)[C@H]1CC[C@H]2[C@@H]3CC[C@@H]4C[C@](C)(O)CC[C@@H]4[C@H]3CC[C@]12C. The molecule has 1 aromatic rings. The van der Waals surface area contributed by atoms with E-state index in [0.29, 0.717) is 23.7 Å². The molecule has 0 aliphatic heterocycles. The highest BCUT2D eigenvalue weighted by molar-refractivity contribution is 7.87. The third-order valence-electron chi connectivity index (χ3n) is 10.1. The number of carbonyl (C=O) groups excluding carboxylic acids is 1. The maximum Gasteiger partial charge on any atom is 0.308 e. The number of carbonyl (C=O) groups is 1. The number of Topliss-reactive ketones (excluding diaryl/α,β-unsaturated/α-hetero) is 1. The molecular formula is C25H39N3O4S. The molecule has 1 N–H and O–H groups in total. The summed E-state index contributed by atoms with van der Waals surface area (Å²) in [5.74, 6) is 3.03. The maximum atomic E-state index is 13.7. The van der Waals surface area contributed by atoms with Crippen molar-refractivity contribution in [2.75, 3.05) is 14.1 Å². The lowest BCUT2D eigenvalue weighted by Crippen LogP contribution is -2.51. The first kappa shape index (κ1) is 23.5. The third-order valence-corrected chi connectivity index (χ3v) is 11.8. The summed E-state index contributed by atoms with van der Waals surface area (Å²) in [5.41, 5.74) is -0.393. The third kappa shape index (κ3) is 3.62. The highest BCUT2D eigenvalue weighted by Crippen LogP contribution is 2.65. The molecule has 0 amide bonds. The molecule has 1 heterocycles. The van der Waals surface area contributed by atoms with Gasteiger partial charge in [0, 0.05) is 20.0 Å². The molecule has 184 valence electrons. The summed E-state index contributed by atoms with van der Waals surface area (Å²) in [4.78, 5) is 17.8. The number of ketones is 1. The summed E-state index contributed by atoms with van der Waals surface area (Å²) in [6.45, 7) is 4.30. The second kappa shape index (κ2) is 7.89. The molecule has 4 aliphatic carbocycles. The van der Waals surface area contributed by atoms with Crippen molar-refractivity contribution in [2.24, 2.45) is 40.9 Å². The number of fused-ring (bicyclic) bond motifs is 5.